The molecule has 5 atom stereocenters. The van der Waals surface area contributed by atoms with Crippen molar-refractivity contribution in [2.45, 2.75) is 58.9 Å². The number of esters is 1. The Bertz CT molecular complexity index is 1510. The van der Waals surface area contributed by atoms with Crippen LogP contribution in [0, 0.1) is 5.92 Å². The Morgan fingerprint density at radius 3 is 2.76 bits per heavy atom. The molecule has 12 nitrogen and oxygen atoms in total. The Balaban J connectivity index is 1.39. The molecule has 0 saturated carbocycles. The summed E-state index contributed by atoms with van der Waals surface area (Å²) < 4.78 is 26.2. The van der Waals surface area contributed by atoms with Crippen LogP contribution in [0.4, 0.5) is 5.82 Å². The fraction of sp³-hybridized carbons (Fsp3) is 0.419. The number of halogens is 1. The predicted molar refractivity (Wildman–Crippen MR) is 176 cm³/mol. The molecule has 1 aliphatic rings. The van der Waals surface area contributed by atoms with Crippen molar-refractivity contribution >= 4 is 43.1 Å². The molecule has 2 aromatic heterocycles. The SMILES string of the molecule is C=C/C=C\C/C(C)=C(\C)COC(=O)C(C)NP(OCC1CC(C)C(n2cnc3c(N(C)N)ncnc32)O1)Oc1ccc(Cl)cc1. The molecule has 0 aliphatic carbocycles. The van der Waals surface area contributed by atoms with Crippen LogP contribution in [0.5, 0.6) is 5.75 Å². The molecular formula is C31H41ClN7O5P. The van der Waals surface area contributed by atoms with E-state index < -0.39 is 20.5 Å². The minimum atomic E-state index is -1.76. The summed E-state index contributed by atoms with van der Waals surface area (Å²) in [5.74, 6) is 6.72. The van der Waals surface area contributed by atoms with Crippen LogP contribution in [0.1, 0.15) is 46.8 Å². The van der Waals surface area contributed by atoms with Crippen LogP contribution < -0.4 is 20.5 Å². The molecule has 242 valence electrons. The topological polar surface area (TPSA) is 139 Å². The molecule has 1 aliphatic heterocycles. The fourth-order valence-electron chi connectivity index (χ4n) is 4.63. The van der Waals surface area contributed by atoms with Gasteiger partial charge in [0.1, 0.15) is 31.0 Å². The number of carbonyl (C=O) groups excluding carboxylic acids is 1. The third-order valence-electron chi connectivity index (χ3n) is 7.29. The third kappa shape index (κ3) is 9.32. The first kappa shape index (κ1) is 34.5. The summed E-state index contributed by atoms with van der Waals surface area (Å²) >= 11 is 6.06. The van der Waals surface area contributed by atoms with Gasteiger partial charge >= 0.3 is 14.5 Å². The van der Waals surface area contributed by atoms with Gasteiger partial charge in [-0.15, -0.1) is 0 Å². The van der Waals surface area contributed by atoms with Gasteiger partial charge in [0.15, 0.2) is 17.0 Å². The lowest BCUT2D eigenvalue weighted by Gasteiger charge is -2.23. The Labute approximate surface area is 270 Å². The average molecular weight is 658 g/mol. The number of hydrazine groups is 1. The van der Waals surface area contributed by atoms with E-state index in [2.05, 4.69) is 33.5 Å². The maximum atomic E-state index is 12.9. The number of ether oxygens (including phenoxy) is 2. The number of aromatic nitrogens is 4. The van der Waals surface area contributed by atoms with Gasteiger partial charge in [0.25, 0.3) is 0 Å². The van der Waals surface area contributed by atoms with Gasteiger partial charge in [0.05, 0.1) is 19.0 Å². The minimum absolute atomic E-state index is 0.141. The summed E-state index contributed by atoms with van der Waals surface area (Å²) in [6.45, 7) is 11.9. The molecule has 1 aromatic carbocycles. The van der Waals surface area contributed by atoms with Crippen molar-refractivity contribution in [1.82, 2.24) is 24.6 Å². The first-order chi connectivity index (χ1) is 21.6. The lowest BCUT2D eigenvalue weighted by molar-refractivity contribution is -0.144. The number of fused-ring (bicyclic) bond motifs is 1. The lowest BCUT2D eigenvalue weighted by Crippen LogP contribution is -2.34. The normalized spacial score (nSPS) is 20.2. The number of nitrogens with one attached hydrogen (secondary N) is 1. The van der Waals surface area contributed by atoms with Crippen molar-refractivity contribution in [2.24, 2.45) is 11.8 Å². The standard InChI is InChI=1S/C31H41ClN7O5P/c1-7-8-9-10-20(2)22(4)16-41-31(40)23(5)37-45(44-25-13-11-24(32)12-14-25)42-17-26-15-21(3)30(43-26)39-19-36-27-28(38(6)33)34-18-35-29(27)39/h7-9,11-14,18-19,21,23,26,30,37H,1,10,15-17,33H2,2-6H3/b9-8-,22-20+. The van der Waals surface area contributed by atoms with E-state index in [9.17, 15) is 4.79 Å². The van der Waals surface area contributed by atoms with E-state index in [0.717, 1.165) is 24.0 Å². The zero-order chi connectivity index (χ0) is 32.5. The molecule has 0 radical (unpaired) electrons. The minimum Gasteiger partial charge on any atom is -0.460 e. The number of allylic oxidation sites excluding steroid dienone is 4. The Morgan fingerprint density at radius 2 is 2.04 bits per heavy atom. The Hall–Kier alpha value is -3.38. The Kier molecular flexibility index (Phi) is 12.5. The highest BCUT2D eigenvalue weighted by atomic mass is 35.5. The molecule has 0 bridgehead atoms. The molecule has 45 heavy (non-hydrogen) atoms. The maximum Gasteiger partial charge on any atom is 0.323 e. The van der Waals surface area contributed by atoms with Gasteiger partial charge in [-0.1, -0.05) is 48.9 Å². The van der Waals surface area contributed by atoms with E-state index in [0.29, 0.717) is 27.8 Å². The number of hydrogen-bond donors (Lipinski definition) is 2. The zero-order valence-electron chi connectivity index (χ0n) is 26.2. The van der Waals surface area contributed by atoms with Crippen LogP contribution >= 0.6 is 20.1 Å². The van der Waals surface area contributed by atoms with Gasteiger partial charge in [0, 0.05) is 18.0 Å². The summed E-state index contributed by atoms with van der Waals surface area (Å²) in [4.78, 5) is 26.1. The van der Waals surface area contributed by atoms with Crippen molar-refractivity contribution in [2.75, 3.05) is 25.3 Å². The lowest BCUT2D eigenvalue weighted by atomic mass is 10.1. The monoisotopic (exact) mass is 657 g/mol. The maximum absolute atomic E-state index is 12.9. The van der Waals surface area contributed by atoms with Gasteiger partial charge < -0.3 is 18.5 Å². The van der Waals surface area contributed by atoms with E-state index in [1.807, 2.05) is 30.6 Å². The van der Waals surface area contributed by atoms with Crippen LogP contribution in [0.3, 0.4) is 0 Å². The highest BCUT2D eigenvalue weighted by Crippen LogP contribution is 2.41. The second kappa shape index (κ2) is 16.3. The molecule has 3 heterocycles. The molecule has 0 spiro atoms. The van der Waals surface area contributed by atoms with E-state index in [-0.39, 0.29) is 31.5 Å². The fourth-order valence-corrected chi connectivity index (χ4v) is 5.98. The van der Waals surface area contributed by atoms with Crippen LogP contribution in [0.25, 0.3) is 11.2 Å². The summed E-state index contributed by atoms with van der Waals surface area (Å²) in [7, 11) is -0.0603. The molecule has 3 N–H and O–H groups in total. The van der Waals surface area contributed by atoms with Gasteiger partial charge in [-0.2, -0.15) is 0 Å². The number of hydrogen-bond acceptors (Lipinski definition) is 11. The number of anilines is 1. The average Bonchev–Trinajstić information content (AvgIpc) is 3.62. The summed E-state index contributed by atoms with van der Waals surface area (Å²) in [5.41, 5.74) is 3.34. The molecule has 5 unspecified atom stereocenters. The Morgan fingerprint density at radius 1 is 1.29 bits per heavy atom. The van der Waals surface area contributed by atoms with Crippen molar-refractivity contribution < 1.29 is 23.3 Å². The highest BCUT2D eigenvalue weighted by Gasteiger charge is 2.36. The number of benzene rings is 1. The van der Waals surface area contributed by atoms with Gasteiger partial charge in [-0.3, -0.25) is 14.4 Å². The number of carbonyl (C=O) groups is 1. The molecule has 3 aromatic rings. The van der Waals surface area contributed by atoms with Crippen LogP contribution in [0.2, 0.25) is 5.02 Å². The molecule has 0 amide bonds. The number of rotatable bonds is 15. The van der Waals surface area contributed by atoms with E-state index in [1.54, 1.807) is 50.6 Å². The van der Waals surface area contributed by atoms with Crippen molar-refractivity contribution in [3.63, 3.8) is 0 Å². The van der Waals surface area contributed by atoms with E-state index in [1.165, 1.54) is 11.3 Å². The second-order valence-corrected chi connectivity index (χ2v) is 12.6. The van der Waals surface area contributed by atoms with Crippen LogP contribution in [0.15, 0.2) is 72.9 Å². The molecular weight excluding hydrogens is 617 g/mol. The molecule has 14 heteroatoms. The molecule has 4 rings (SSSR count). The largest absolute Gasteiger partial charge is 0.460 e. The van der Waals surface area contributed by atoms with Gasteiger partial charge in [0.2, 0.25) is 0 Å². The van der Waals surface area contributed by atoms with Crippen LogP contribution in [-0.2, 0) is 18.8 Å². The predicted octanol–water partition coefficient (Wildman–Crippen LogP) is 6.03. The van der Waals surface area contributed by atoms with E-state index >= 15 is 0 Å². The van der Waals surface area contributed by atoms with Crippen molar-refractivity contribution in [3.8, 4) is 5.75 Å². The van der Waals surface area contributed by atoms with Gasteiger partial charge in [-0.05, 0) is 63.5 Å². The zero-order valence-corrected chi connectivity index (χ0v) is 27.9. The second-order valence-electron chi connectivity index (χ2n) is 11.0. The first-order valence-corrected chi connectivity index (χ1v) is 16.2. The summed E-state index contributed by atoms with van der Waals surface area (Å²) in [5, 5.41) is 5.15. The van der Waals surface area contributed by atoms with Crippen molar-refractivity contribution in [3.05, 3.63) is 77.9 Å². The quantitative estimate of drug-likeness (QED) is 0.0495. The summed E-state index contributed by atoms with van der Waals surface area (Å²) in [6.07, 6.45) is 9.72. The van der Waals surface area contributed by atoms with Gasteiger partial charge in [-0.25, -0.2) is 25.9 Å². The number of nitrogens with two attached hydrogens (primary N) is 1. The first-order valence-electron chi connectivity index (χ1n) is 14.6. The van der Waals surface area contributed by atoms with E-state index in [4.69, 9.17) is 36.0 Å². The third-order valence-corrected chi connectivity index (χ3v) is 8.90. The molecule has 1 fully saturated rings. The molecule has 1 saturated heterocycles. The summed E-state index contributed by atoms with van der Waals surface area (Å²) in [6, 6.07) is 6.24. The van der Waals surface area contributed by atoms with Crippen molar-refractivity contribution in [1.29, 1.82) is 0 Å². The number of imidazole rings is 1. The highest BCUT2D eigenvalue weighted by molar-refractivity contribution is 7.45. The van der Waals surface area contributed by atoms with Crippen LogP contribution in [-0.4, -0.2) is 57.9 Å². The smallest absolute Gasteiger partial charge is 0.323 e. The number of nitrogens with zero attached hydrogens (tertiary/aromatic N) is 5.